The Kier molecular flexibility index (Phi) is 4.22. The number of para-hydroxylation sites is 1. The Morgan fingerprint density at radius 1 is 1.45 bits per heavy atom. The van der Waals surface area contributed by atoms with Crippen molar-refractivity contribution in [2.45, 2.75) is 32.2 Å². The molecule has 1 fully saturated rings. The van der Waals surface area contributed by atoms with Crippen LogP contribution >= 0.6 is 0 Å². The Balaban J connectivity index is 2.41. The van der Waals surface area contributed by atoms with E-state index < -0.39 is 4.92 Å². The van der Waals surface area contributed by atoms with Crippen LogP contribution < -0.4 is 5.32 Å². The van der Waals surface area contributed by atoms with E-state index in [1.54, 1.807) is 24.1 Å². The van der Waals surface area contributed by atoms with Gasteiger partial charge in [0.2, 0.25) is 0 Å². The molecular formula is C14H19N3O3. The topological polar surface area (TPSA) is 75.5 Å². The van der Waals surface area contributed by atoms with Crippen molar-refractivity contribution in [3.8, 4) is 0 Å². The summed E-state index contributed by atoms with van der Waals surface area (Å²) in [6.45, 7) is 2.66. The fourth-order valence-electron chi connectivity index (χ4n) is 2.67. The third-order valence-electron chi connectivity index (χ3n) is 3.78. The molecule has 0 aromatic heterocycles. The maximum absolute atomic E-state index is 12.6. The van der Waals surface area contributed by atoms with Gasteiger partial charge >= 0.3 is 5.69 Å². The number of nitro groups is 1. The number of anilines is 1. The molecule has 1 unspecified atom stereocenters. The highest BCUT2D eigenvalue weighted by Crippen LogP contribution is 2.30. The van der Waals surface area contributed by atoms with Crippen molar-refractivity contribution >= 4 is 17.3 Å². The molecule has 1 N–H and O–H groups in total. The average molecular weight is 277 g/mol. The quantitative estimate of drug-likeness (QED) is 0.680. The predicted octanol–water partition coefficient (Wildman–Crippen LogP) is 2.65. The van der Waals surface area contributed by atoms with Gasteiger partial charge in [0.05, 0.1) is 4.92 Å². The van der Waals surface area contributed by atoms with Crippen LogP contribution in [0.2, 0.25) is 0 Å². The van der Waals surface area contributed by atoms with Crippen LogP contribution in [0, 0.1) is 10.1 Å². The number of nitrogens with zero attached hydrogens (tertiary/aromatic N) is 2. The van der Waals surface area contributed by atoms with E-state index in [-0.39, 0.29) is 23.2 Å². The molecule has 0 saturated carbocycles. The number of carbonyl (C=O) groups is 1. The molecule has 20 heavy (non-hydrogen) atoms. The number of benzene rings is 1. The zero-order valence-corrected chi connectivity index (χ0v) is 11.8. The molecule has 0 radical (unpaired) electrons. The molecule has 1 atom stereocenters. The predicted molar refractivity (Wildman–Crippen MR) is 77.0 cm³/mol. The highest BCUT2D eigenvalue weighted by atomic mass is 16.6. The normalized spacial score (nSPS) is 18.7. The second kappa shape index (κ2) is 5.90. The molecular weight excluding hydrogens is 258 g/mol. The van der Waals surface area contributed by atoms with Crippen LogP contribution in [0.5, 0.6) is 0 Å². The summed E-state index contributed by atoms with van der Waals surface area (Å²) in [5.41, 5.74) is 0.388. The number of hydrogen-bond donors (Lipinski definition) is 1. The van der Waals surface area contributed by atoms with E-state index in [0.717, 1.165) is 19.3 Å². The highest BCUT2D eigenvalue weighted by molar-refractivity contribution is 6.00. The van der Waals surface area contributed by atoms with E-state index in [1.807, 2.05) is 6.92 Å². The number of likely N-dealkylation sites (tertiary alicyclic amines) is 1. The monoisotopic (exact) mass is 277 g/mol. The van der Waals surface area contributed by atoms with E-state index in [2.05, 4.69) is 5.32 Å². The van der Waals surface area contributed by atoms with Crippen molar-refractivity contribution in [3.63, 3.8) is 0 Å². The van der Waals surface area contributed by atoms with Gasteiger partial charge in [0, 0.05) is 19.6 Å². The Morgan fingerprint density at radius 2 is 2.20 bits per heavy atom. The van der Waals surface area contributed by atoms with Gasteiger partial charge < -0.3 is 10.2 Å². The highest BCUT2D eigenvalue weighted by Gasteiger charge is 2.30. The molecule has 0 aliphatic carbocycles. The molecule has 0 spiro atoms. The van der Waals surface area contributed by atoms with Crippen molar-refractivity contribution in [1.82, 2.24) is 4.90 Å². The summed E-state index contributed by atoms with van der Waals surface area (Å²) in [5, 5.41) is 14.0. The first kappa shape index (κ1) is 14.3. The molecule has 0 bridgehead atoms. The molecule has 1 saturated heterocycles. The van der Waals surface area contributed by atoms with Crippen LogP contribution in [0.1, 0.15) is 36.5 Å². The lowest BCUT2D eigenvalue weighted by molar-refractivity contribution is -0.384. The van der Waals surface area contributed by atoms with Gasteiger partial charge in [-0.1, -0.05) is 6.07 Å². The Labute approximate surface area is 117 Å². The first-order chi connectivity index (χ1) is 9.56. The molecule has 6 heteroatoms. The largest absolute Gasteiger partial charge is 0.383 e. The SMILES string of the molecule is CNc1cccc(C(=O)N2CCCCC2C)c1[N+](=O)[O-]. The molecule has 1 aromatic rings. The zero-order chi connectivity index (χ0) is 14.7. The summed E-state index contributed by atoms with van der Waals surface area (Å²) in [5.74, 6) is -0.249. The van der Waals surface area contributed by atoms with Gasteiger partial charge in [-0.2, -0.15) is 0 Å². The van der Waals surface area contributed by atoms with Crippen LogP contribution in [0.25, 0.3) is 0 Å². The number of nitrogens with one attached hydrogen (secondary N) is 1. The number of rotatable bonds is 3. The minimum atomic E-state index is -0.492. The molecule has 2 rings (SSSR count). The van der Waals surface area contributed by atoms with Gasteiger partial charge in [0.25, 0.3) is 5.91 Å². The molecule has 6 nitrogen and oxygen atoms in total. The molecule has 1 aliphatic heterocycles. The summed E-state index contributed by atoms with van der Waals surface area (Å²) in [6, 6.07) is 4.94. The third kappa shape index (κ3) is 2.59. The Morgan fingerprint density at radius 3 is 2.80 bits per heavy atom. The number of hydrogen-bond acceptors (Lipinski definition) is 4. The second-order valence-corrected chi connectivity index (χ2v) is 5.05. The van der Waals surface area contributed by atoms with Crippen LogP contribution in [-0.4, -0.2) is 35.4 Å². The number of carbonyl (C=O) groups excluding carboxylic acids is 1. The number of nitro benzene ring substituents is 1. The minimum absolute atomic E-state index is 0.133. The van der Waals surface area contributed by atoms with Gasteiger partial charge in [-0.05, 0) is 38.3 Å². The lowest BCUT2D eigenvalue weighted by atomic mass is 10.0. The lowest BCUT2D eigenvalue weighted by Gasteiger charge is -2.33. The van der Waals surface area contributed by atoms with Gasteiger partial charge in [0.1, 0.15) is 11.3 Å². The standard InChI is InChI=1S/C14H19N3O3/c1-10-6-3-4-9-16(10)14(18)11-7-5-8-12(15-2)13(11)17(19)20/h5,7-8,10,15H,3-4,6,9H2,1-2H3. The van der Waals surface area contributed by atoms with Crippen LogP contribution in [0.4, 0.5) is 11.4 Å². The molecule has 1 aromatic carbocycles. The Hall–Kier alpha value is -2.11. The van der Waals surface area contributed by atoms with Gasteiger partial charge in [-0.25, -0.2) is 0 Å². The molecule has 1 aliphatic rings. The summed E-state index contributed by atoms with van der Waals surface area (Å²) in [7, 11) is 1.61. The summed E-state index contributed by atoms with van der Waals surface area (Å²) in [4.78, 5) is 25.1. The maximum Gasteiger partial charge on any atom is 0.305 e. The summed E-state index contributed by atoms with van der Waals surface area (Å²) < 4.78 is 0. The molecule has 1 heterocycles. The zero-order valence-electron chi connectivity index (χ0n) is 11.8. The summed E-state index contributed by atoms with van der Waals surface area (Å²) >= 11 is 0. The number of piperidine rings is 1. The van der Waals surface area contributed by atoms with Crippen molar-refractivity contribution in [2.75, 3.05) is 18.9 Å². The van der Waals surface area contributed by atoms with E-state index in [9.17, 15) is 14.9 Å². The Bertz CT molecular complexity index is 530. The smallest absolute Gasteiger partial charge is 0.305 e. The van der Waals surface area contributed by atoms with E-state index in [1.165, 1.54) is 6.07 Å². The second-order valence-electron chi connectivity index (χ2n) is 5.05. The van der Waals surface area contributed by atoms with Gasteiger partial charge in [-0.3, -0.25) is 14.9 Å². The van der Waals surface area contributed by atoms with Crippen LogP contribution in [0.3, 0.4) is 0 Å². The fourth-order valence-corrected chi connectivity index (χ4v) is 2.67. The van der Waals surface area contributed by atoms with Crippen molar-refractivity contribution in [2.24, 2.45) is 0 Å². The number of amides is 1. The molecule has 1 amide bonds. The van der Waals surface area contributed by atoms with Crippen molar-refractivity contribution < 1.29 is 9.72 Å². The fraction of sp³-hybridized carbons (Fsp3) is 0.500. The van der Waals surface area contributed by atoms with E-state index in [0.29, 0.717) is 12.2 Å². The first-order valence-electron chi connectivity index (χ1n) is 6.82. The average Bonchev–Trinajstić information content (AvgIpc) is 2.46. The lowest BCUT2D eigenvalue weighted by Crippen LogP contribution is -2.42. The maximum atomic E-state index is 12.6. The van der Waals surface area contributed by atoms with Crippen molar-refractivity contribution in [1.29, 1.82) is 0 Å². The van der Waals surface area contributed by atoms with Crippen LogP contribution in [0.15, 0.2) is 18.2 Å². The summed E-state index contributed by atoms with van der Waals surface area (Å²) in [6.07, 6.45) is 3.00. The van der Waals surface area contributed by atoms with Gasteiger partial charge in [-0.15, -0.1) is 0 Å². The minimum Gasteiger partial charge on any atom is -0.383 e. The van der Waals surface area contributed by atoms with E-state index in [4.69, 9.17) is 0 Å². The van der Waals surface area contributed by atoms with Gasteiger partial charge in [0.15, 0.2) is 0 Å². The molecule has 108 valence electrons. The first-order valence-corrected chi connectivity index (χ1v) is 6.82. The third-order valence-corrected chi connectivity index (χ3v) is 3.78. The van der Waals surface area contributed by atoms with E-state index >= 15 is 0 Å². The van der Waals surface area contributed by atoms with Crippen LogP contribution in [-0.2, 0) is 0 Å². The van der Waals surface area contributed by atoms with Crippen molar-refractivity contribution in [3.05, 3.63) is 33.9 Å².